The van der Waals surface area contributed by atoms with Crippen molar-refractivity contribution in [3.8, 4) is 22.9 Å². The Labute approximate surface area is 223 Å². The van der Waals surface area contributed by atoms with Gasteiger partial charge in [0.25, 0.3) is 0 Å². The first-order valence-electron chi connectivity index (χ1n) is 12.7. The molecule has 0 saturated carbocycles. The van der Waals surface area contributed by atoms with Gasteiger partial charge < -0.3 is 15.0 Å². The molecule has 2 unspecified atom stereocenters. The fraction of sp³-hybridized carbons (Fsp3) is 0.321. The zero-order valence-corrected chi connectivity index (χ0v) is 21.2. The van der Waals surface area contributed by atoms with Crippen molar-refractivity contribution in [3.05, 3.63) is 71.7 Å². The molecule has 200 valence electrons. The third-order valence-corrected chi connectivity index (χ3v) is 7.58. The number of rotatable bonds is 8. The molecule has 11 heteroatoms. The van der Waals surface area contributed by atoms with E-state index in [1.807, 2.05) is 18.2 Å². The fourth-order valence-electron chi connectivity index (χ4n) is 5.62. The molecule has 4 aromatic rings. The number of benzene rings is 1. The van der Waals surface area contributed by atoms with Crippen molar-refractivity contribution in [1.82, 2.24) is 19.5 Å². The predicted molar refractivity (Wildman–Crippen MR) is 140 cm³/mol. The molecule has 3 aliphatic heterocycles. The van der Waals surface area contributed by atoms with E-state index in [1.54, 1.807) is 23.0 Å². The van der Waals surface area contributed by atoms with Crippen LogP contribution in [0.3, 0.4) is 0 Å². The first-order chi connectivity index (χ1) is 19.0. The highest BCUT2D eigenvalue weighted by atomic mass is 19.2. The molecule has 6 heterocycles. The Balaban J connectivity index is 1.19. The molecule has 0 amide bonds. The number of nitriles is 1. The monoisotopic (exact) mass is 533 g/mol. The van der Waals surface area contributed by atoms with E-state index in [9.17, 15) is 18.4 Å². The van der Waals surface area contributed by atoms with Gasteiger partial charge in [0.15, 0.2) is 11.6 Å². The lowest BCUT2D eigenvalue weighted by Crippen LogP contribution is -2.68. The molecule has 0 spiro atoms. The van der Waals surface area contributed by atoms with Gasteiger partial charge >= 0.3 is 0 Å². The van der Waals surface area contributed by atoms with Gasteiger partial charge in [-0.3, -0.25) is 4.90 Å². The number of nitrogens with zero attached hydrogens (tertiary/aromatic N) is 6. The Morgan fingerprint density at radius 1 is 1.13 bits per heavy atom. The molecule has 3 saturated heterocycles. The van der Waals surface area contributed by atoms with Crippen LogP contribution in [0.1, 0.15) is 17.5 Å². The molecule has 3 aliphatic rings. The largest absolute Gasteiger partial charge is 0.494 e. The molecule has 7 rings (SSSR count). The molecule has 1 N–H and O–H groups in total. The average molecular weight is 534 g/mol. The number of piperidine rings is 1. The summed E-state index contributed by atoms with van der Waals surface area (Å²) in [6.45, 7) is 1.47. The van der Waals surface area contributed by atoms with Gasteiger partial charge in [0.05, 0.1) is 36.3 Å². The molecular weight excluding hydrogens is 507 g/mol. The number of ether oxygens (including phenoxy) is 1. The fourth-order valence-corrected chi connectivity index (χ4v) is 5.62. The maximum absolute atomic E-state index is 14.5. The predicted octanol–water partition coefficient (Wildman–Crippen LogP) is 4.40. The number of methoxy groups -OCH3 is 1. The number of aromatic nitrogens is 3. The van der Waals surface area contributed by atoms with Gasteiger partial charge in [-0.25, -0.2) is 18.3 Å². The number of fused-ring (bicyclic) bond motifs is 3. The van der Waals surface area contributed by atoms with E-state index >= 15 is 0 Å². The van der Waals surface area contributed by atoms with Gasteiger partial charge in [-0.2, -0.15) is 14.8 Å². The Kier molecular flexibility index (Phi) is 6.48. The Morgan fingerprint density at radius 3 is 2.64 bits per heavy atom. The summed E-state index contributed by atoms with van der Waals surface area (Å²) in [7, 11) is 1.32. The normalized spacial score (nSPS) is 18.6. The Hall–Kier alpha value is -4.30. The summed E-state index contributed by atoms with van der Waals surface area (Å²) in [5.74, 6) is -1.08. The van der Waals surface area contributed by atoms with Crippen molar-refractivity contribution in [1.29, 1.82) is 5.26 Å². The van der Waals surface area contributed by atoms with Gasteiger partial charge in [0.2, 0.25) is 5.82 Å². The highest BCUT2D eigenvalue weighted by molar-refractivity contribution is 5.86. The molecule has 1 aromatic carbocycles. The second kappa shape index (κ2) is 10.1. The van der Waals surface area contributed by atoms with Crippen molar-refractivity contribution in [2.75, 3.05) is 43.6 Å². The molecule has 2 bridgehead atoms. The summed E-state index contributed by atoms with van der Waals surface area (Å²) < 4.78 is 47.9. The minimum absolute atomic E-state index is 0.0960. The number of hydrogen-bond acceptors (Lipinski definition) is 7. The lowest BCUT2D eigenvalue weighted by molar-refractivity contribution is -0.00961. The minimum Gasteiger partial charge on any atom is -0.494 e. The van der Waals surface area contributed by atoms with E-state index < -0.39 is 18.3 Å². The summed E-state index contributed by atoms with van der Waals surface area (Å²) in [4.78, 5) is 9.14. The summed E-state index contributed by atoms with van der Waals surface area (Å²) in [6, 6.07) is 11.4. The molecule has 39 heavy (non-hydrogen) atoms. The zero-order chi connectivity index (χ0) is 27.1. The summed E-state index contributed by atoms with van der Waals surface area (Å²) in [5, 5.41) is 16.9. The molecule has 2 atom stereocenters. The second-order valence-corrected chi connectivity index (χ2v) is 9.80. The van der Waals surface area contributed by atoms with Crippen molar-refractivity contribution < 1.29 is 17.9 Å². The number of alkyl halides is 1. The van der Waals surface area contributed by atoms with Crippen LogP contribution < -0.4 is 15.0 Å². The first-order valence-corrected chi connectivity index (χ1v) is 12.7. The summed E-state index contributed by atoms with van der Waals surface area (Å²) in [6.07, 6.45) is 6.02. The van der Waals surface area contributed by atoms with E-state index in [1.165, 1.54) is 19.4 Å². The first kappa shape index (κ1) is 25.0. The van der Waals surface area contributed by atoms with Crippen molar-refractivity contribution in [3.63, 3.8) is 0 Å². The average Bonchev–Trinajstić information content (AvgIpc) is 3.39. The third kappa shape index (κ3) is 4.40. The van der Waals surface area contributed by atoms with Crippen LogP contribution in [0.4, 0.5) is 24.7 Å². The Bertz CT molecular complexity index is 1550. The SMILES string of the molecule is COc1ccc(CN2C3CC2CN(c2ccc(-c4cc(NCCF)cn5ncc(C#N)c45)cn2)C3)c(F)c1F. The van der Waals surface area contributed by atoms with E-state index in [2.05, 4.69) is 26.3 Å². The van der Waals surface area contributed by atoms with Gasteiger partial charge in [0.1, 0.15) is 18.6 Å². The van der Waals surface area contributed by atoms with Gasteiger partial charge in [-0.1, -0.05) is 6.07 Å². The van der Waals surface area contributed by atoms with E-state index in [0.29, 0.717) is 28.9 Å². The van der Waals surface area contributed by atoms with Crippen molar-refractivity contribution >= 4 is 17.0 Å². The van der Waals surface area contributed by atoms with Crippen LogP contribution in [-0.2, 0) is 6.54 Å². The third-order valence-electron chi connectivity index (χ3n) is 7.58. The minimum atomic E-state index is -0.953. The molecular formula is C28H26F3N7O. The molecule has 8 nitrogen and oxygen atoms in total. The number of nitrogens with one attached hydrogen (secondary N) is 1. The molecule has 0 aliphatic carbocycles. The van der Waals surface area contributed by atoms with E-state index in [4.69, 9.17) is 9.72 Å². The Morgan fingerprint density at radius 2 is 1.95 bits per heavy atom. The number of piperazine rings is 1. The van der Waals surface area contributed by atoms with Crippen LogP contribution in [0.5, 0.6) is 5.75 Å². The van der Waals surface area contributed by atoms with Crippen LogP contribution >= 0.6 is 0 Å². The van der Waals surface area contributed by atoms with E-state index in [0.717, 1.165) is 36.5 Å². The van der Waals surface area contributed by atoms with E-state index in [-0.39, 0.29) is 24.4 Å². The second-order valence-electron chi connectivity index (χ2n) is 9.80. The lowest BCUT2D eigenvalue weighted by atomic mass is 9.86. The topological polar surface area (TPSA) is 81.7 Å². The van der Waals surface area contributed by atoms with Crippen LogP contribution in [0.25, 0.3) is 16.6 Å². The summed E-state index contributed by atoms with van der Waals surface area (Å²) in [5.41, 5.74) is 3.70. The maximum Gasteiger partial charge on any atom is 0.200 e. The molecule has 3 fully saturated rings. The number of hydrogen-bond donors (Lipinski definition) is 1. The summed E-state index contributed by atoms with van der Waals surface area (Å²) >= 11 is 0. The van der Waals surface area contributed by atoms with Gasteiger partial charge in [0, 0.05) is 61.1 Å². The van der Waals surface area contributed by atoms with Crippen molar-refractivity contribution in [2.45, 2.75) is 25.0 Å². The van der Waals surface area contributed by atoms with Crippen molar-refractivity contribution in [2.24, 2.45) is 0 Å². The number of anilines is 2. The zero-order valence-electron chi connectivity index (χ0n) is 21.2. The van der Waals surface area contributed by atoms with Crippen LogP contribution in [0.2, 0.25) is 0 Å². The lowest BCUT2D eigenvalue weighted by Gasteiger charge is -2.56. The standard InChI is InChI=1S/C28H26F3N7O/c1-39-24-4-2-18(26(30)27(24)31)13-37-21-9-22(37)16-36(15-21)25-5-3-17(11-34-25)23-8-20(33-7-6-29)14-38-28(23)19(10-32)12-35-38/h2-5,8,11-12,14,21-22,33H,6-7,9,13,15-16H2,1H3. The van der Waals surface area contributed by atoms with Gasteiger partial charge in [-0.05, 0) is 30.7 Å². The smallest absolute Gasteiger partial charge is 0.200 e. The highest BCUT2D eigenvalue weighted by Gasteiger charge is 2.45. The van der Waals surface area contributed by atoms with Crippen LogP contribution in [-0.4, -0.2) is 65.0 Å². The molecule has 3 aromatic heterocycles. The number of pyridine rings is 2. The van der Waals surface area contributed by atoms with Crippen LogP contribution in [0, 0.1) is 23.0 Å². The number of halogens is 3. The van der Waals surface area contributed by atoms with Gasteiger partial charge in [-0.15, -0.1) is 0 Å². The highest BCUT2D eigenvalue weighted by Crippen LogP contribution is 2.37. The quantitative estimate of drug-likeness (QED) is 0.360. The molecule has 0 radical (unpaired) electrons. The maximum atomic E-state index is 14.5. The van der Waals surface area contributed by atoms with Crippen LogP contribution in [0.15, 0.2) is 48.9 Å².